The molecule has 1 aliphatic rings. The lowest BCUT2D eigenvalue weighted by Gasteiger charge is -2.07. The molecule has 0 amide bonds. The Morgan fingerprint density at radius 1 is 1.44 bits per heavy atom. The lowest BCUT2D eigenvalue weighted by atomic mass is 10.1. The Hall–Kier alpha value is -0.900. The summed E-state index contributed by atoms with van der Waals surface area (Å²) in [5.74, 6) is 3.10. The number of hydrogen-bond donors (Lipinski definition) is 2. The van der Waals surface area contributed by atoms with E-state index in [9.17, 15) is 0 Å². The average Bonchev–Trinajstić information content (AvgIpc) is 2.94. The minimum absolute atomic E-state index is 0.395. The molecule has 4 heteroatoms. The molecule has 0 saturated heterocycles. The van der Waals surface area contributed by atoms with Crippen molar-refractivity contribution in [3.8, 4) is 0 Å². The third kappa shape index (κ3) is 2.61. The number of nitrogens with one attached hydrogen (secondary N) is 2. The maximum Gasteiger partial charge on any atom is 0.154 e. The Kier molecular flexibility index (Phi) is 3.93. The fraction of sp³-hybridized carbons (Fsp3) is 0.833. The molecule has 1 aliphatic carbocycles. The van der Waals surface area contributed by atoms with Crippen molar-refractivity contribution in [1.82, 2.24) is 20.5 Å². The summed E-state index contributed by atoms with van der Waals surface area (Å²) in [5.41, 5.74) is 0. The largest absolute Gasteiger partial charge is 0.316 e. The van der Waals surface area contributed by atoms with E-state index in [0.29, 0.717) is 11.8 Å². The van der Waals surface area contributed by atoms with Crippen LogP contribution in [0.5, 0.6) is 0 Å². The lowest BCUT2D eigenvalue weighted by molar-refractivity contribution is 0.608. The summed E-state index contributed by atoms with van der Waals surface area (Å²) in [5, 5.41) is 10.8. The van der Waals surface area contributed by atoms with Gasteiger partial charge in [0.2, 0.25) is 0 Å². The fourth-order valence-corrected chi connectivity index (χ4v) is 2.34. The summed E-state index contributed by atoms with van der Waals surface area (Å²) >= 11 is 0. The van der Waals surface area contributed by atoms with Gasteiger partial charge >= 0.3 is 0 Å². The van der Waals surface area contributed by atoms with Gasteiger partial charge in [-0.3, -0.25) is 5.10 Å². The van der Waals surface area contributed by atoms with E-state index in [1.54, 1.807) is 0 Å². The summed E-state index contributed by atoms with van der Waals surface area (Å²) < 4.78 is 0. The van der Waals surface area contributed by atoms with Gasteiger partial charge in [-0.1, -0.05) is 26.7 Å². The maximum atomic E-state index is 4.64. The van der Waals surface area contributed by atoms with Crippen LogP contribution in [0.2, 0.25) is 0 Å². The summed E-state index contributed by atoms with van der Waals surface area (Å²) in [6, 6.07) is 0. The van der Waals surface area contributed by atoms with Crippen molar-refractivity contribution in [1.29, 1.82) is 0 Å². The molecular formula is C12H22N4. The van der Waals surface area contributed by atoms with Crippen molar-refractivity contribution in [2.24, 2.45) is 0 Å². The van der Waals surface area contributed by atoms with Crippen LogP contribution in [-0.2, 0) is 0 Å². The summed E-state index contributed by atoms with van der Waals surface area (Å²) in [6.45, 7) is 6.25. The number of aromatic amines is 1. The molecule has 16 heavy (non-hydrogen) atoms. The summed E-state index contributed by atoms with van der Waals surface area (Å²) in [4.78, 5) is 4.64. The molecule has 1 saturated carbocycles. The highest BCUT2D eigenvalue weighted by atomic mass is 15.2. The second-order valence-electron chi connectivity index (χ2n) is 4.77. The van der Waals surface area contributed by atoms with Gasteiger partial charge in [0.25, 0.3) is 0 Å². The first-order chi connectivity index (χ1) is 7.81. The normalized spacial score (nSPS) is 19.1. The van der Waals surface area contributed by atoms with Crippen molar-refractivity contribution in [2.75, 3.05) is 13.1 Å². The van der Waals surface area contributed by atoms with Crippen LogP contribution in [-0.4, -0.2) is 28.3 Å². The highest BCUT2D eigenvalue weighted by Crippen LogP contribution is 2.32. The van der Waals surface area contributed by atoms with Crippen LogP contribution in [0.3, 0.4) is 0 Å². The standard InChI is InChI=1S/C12H22N4/c1-3-13-8-9(2)11-14-12(16-15-11)10-6-4-5-7-10/h9-10,13H,3-8H2,1-2H3,(H,14,15,16). The Balaban J connectivity index is 1.95. The second kappa shape index (κ2) is 5.43. The molecule has 0 aromatic carbocycles. The number of hydrogen-bond acceptors (Lipinski definition) is 3. The van der Waals surface area contributed by atoms with E-state index < -0.39 is 0 Å². The topological polar surface area (TPSA) is 53.6 Å². The molecule has 1 aromatic rings. The van der Waals surface area contributed by atoms with E-state index in [1.165, 1.54) is 25.7 Å². The zero-order valence-corrected chi connectivity index (χ0v) is 10.3. The molecule has 4 nitrogen and oxygen atoms in total. The highest BCUT2D eigenvalue weighted by molar-refractivity contribution is 5.03. The zero-order chi connectivity index (χ0) is 11.4. The lowest BCUT2D eigenvalue weighted by Crippen LogP contribution is -2.20. The van der Waals surface area contributed by atoms with E-state index >= 15 is 0 Å². The van der Waals surface area contributed by atoms with E-state index in [-0.39, 0.29) is 0 Å². The van der Waals surface area contributed by atoms with Crippen molar-refractivity contribution in [3.63, 3.8) is 0 Å². The van der Waals surface area contributed by atoms with Crippen LogP contribution in [0.1, 0.15) is 63.0 Å². The third-order valence-electron chi connectivity index (χ3n) is 3.40. The van der Waals surface area contributed by atoms with Gasteiger partial charge in [-0.15, -0.1) is 0 Å². The predicted octanol–water partition coefficient (Wildman–Crippen LogP) is 2.18. The number of aromatic nitrogens is 3. The highest BCUT2D eigenvalue weighted by Gasteiger charge is 2.21. The molecule has 90 valence electrons. The Morgan fingerprint density at radius 3 is 2.88 bits per heavy atom. The van der Waals surface area contributed by atoms with Gasteiger partial charge in [-0.2, -0.15) is 5.10 Å². The number of H-pyrrole nitrogens is 1. The van der Waals surface area contributed by atoms with Crippen LogP contribution in [0, 0.1) is 0 Å². The molecule has 0 radical (unpaired) electrons. The summed E-state index contributed by atoms with van der Waals surface area (Å²) in [7, 11) is 0. The summed E-state index contributed by atoms with van der Waals surface area (Å²) in [6.07, 6.45) is 5.23. The minimum atomic E-state index is 0.395. The number of nitrogens with zero attached hydrogens (tertiary/aromatic N) is 2. The maximum absolute atomic E-state index is 4.64. The van der Waals surface area contributed by atoms with Gasteiger partial charge in [-0.25, -0.2) is 4.98 Å². The van der Waals surface area contributed by atoms with Crippen LogP contribution in [0.25, 0.3) is 0 Å². The predicted molar refractivity (Wildman–Crippen MR) is 64.6 cm³/mol. The molecule has 2 N–H and O–H groups in total. The van der Waals surface area contributed by atoms with Crippen LogP contribution in [0.4, 0.5) is 0 Å². The van der Waals surface area contributed by atoms with Crippen molar-refractivity contribution < 1.29 is 0 Å². The molecule has 1 atom stereocenters. The molecule has 0 bridgehead atoms. The molecule has 0 spiro atoms. The zero-order valence-electron chi connectivity index (χ0n) is 10.3. The smallest absolute Gasteiger partial charge is 0.154 e. The van der Waals surface area contributed by atoms with Gasteiger partial charge in [0.1, 0.15) is 5.82 Å². The van der Waals surface area contributed by atoms with E-state index in [1.807, 2.05) is 0 Å². The van der Waals surface area contributed by atoms with Crippen molar-refractivity contribution in [3.05, 3.63) is 11.6 Å². The van der Waals surface area contributed by atoms with Gasteiger partial charge in [0.15, 0.2) is 5.82 Å². The quantitative estimate of drug-likeness (QED) is 0.803. The minimum Gasteiger partial charge on any atom is -0.316 e. The SMILES string of the molecule is CCNCC(C)c1n[nH]c(C2CCCC2)n1. The molecule has 1 fully saturated rings. The van der Waals surface area contributed by atoms with Gasteiger partial charge in [0.05, 0.1) is 0 Å². The molecule has 2 rings (SSSR count). The van der Waals surface area contributed by atoms with Gasteiger partial charge < -0.3 is 5.32 Å². The first-order valence-corrected chi connectivity index (χ1v) is 6.44. The van der Waals surface area contributed by atoms with E-state index in [4.69, 9.17) is 0 Å². The molecule has 1 aromatic heterocycles. The van der Waals surface area contributed by atoms with Crippen LogP contribution >= 0.6 is 0 Å². The Labute approximate surface area is 97.2 Å². The molecular weight excluding hydrogens is 200 g/mol. The molecule has 1 unspecified atom stereocenters. The average molecular weight is 222 g/mol. The third-order valence-corrected chi connectivity index (χ3v) is 3.40. The first-order valence-electron chi connectivity index (χ1n) is 6.44. The van der Waals surface area contributed by atoms with Gasteiger partial charge in [0, 0.05) is 18.4 Å². The molecule has 0 aliphatic heterocycles. The van der Waals surface area contributed by atoms with Crippen LogP contribution < -0.4 is 5.32 Å². The van der Waals surface area contributed by atoms with Gasteiger partial charge in [-0.05, 0) is 19.4 Å². The Morgan fingerprint density at radius 2 is 2.19 bits per heavy atom. The van der Waals surface area contributed by atoms with E-state index in [2.05, 4.69) is 34.3 Å². The number of rotatable bonds is 5. The Bertz CT molecular complexity index is 315. The van der Waals surface area contributed by atoms with E-state index in [0.717, 1.165) is 24.7 Å². The molecule has 1 heterocycles. The monoisotopic (exact) mass is 222 g/mol. The van der Waals surface area contributed by atoms with Crippen molar-refractivity contribution in [2.45, 2.75) is 51.4 Å². The first kappa shape index (κ1) is 11.6. The fourth-order valence-electron chi connectivity index (χ4n) is 2.34. The van der Waals surface area contributed by atoms with Crippen molar-refractivity contribution >= 4 is 0 Å². The number of likely N-dealkylation sites (N-methyl/N-ethyl adjacent to an activating group) is 1. The second-order valence-corrected chi connectivity index (χ2v) is 4.77. The van der Waals surface area contributed by atoms with Crippen LogP contribution in [0.15, 0.2) is 0 Å².